The van der Waals surface area contributed by atoms with E-state index in [4.69, 9.17) is 23.6 Å². The van der Waals surface area contributed by atoms with Crippen LogP contribution in [0.2, 0.25) is 0 Å². The summed E-state index contributed by atoms with van der Waals surface area (Å²) >= 11 is 1.63. The highest BCUT2D eigenvalue weighted by Gasteiger charge is 2.13. The van der Waals surface area contributed by atoms with E-state index in [-0.39, 0.29) is 5.63 Å². The molecule has 7 nitrogen and oxygen atoms in total. The highest BCUT2D eigenvalue weighted by Crippen LogP contribution is 2.34. The van der Waals surface area contributed by atoms with Crippen molar-refractivity contribution in [2.24, 2.45) is 0 Å². The van der Waals surface area contributed by atoms with Crippen LogP contribution in [0.15, 0.2) is 102 Å². The summed E-state index contributed by atoms with van der Waals surface area (Å²) in [6.45, 7) is 8.41. The number of thiophene rings is 1. The van der Waals surface area contributed by atoms with Gasteiger partial charge in [-0.25, -0.2) is 9.59 Å². The Hall–Kier alpha value is -5.13. The van der Waals surface area contributed by atoms with Gasteiger partial charge in [0.1, 0.15) is 28.7 Å². The lowest BCUT2D eigenvalue weighted by Gasteiger charge is -2.11. The first kappa shape index (κ1) is 30.3. The number of nitriles is 1. The number of aryl methyl sites for hydroxylation is 2. The molecule has 0 amide bonds. The third-order valence-electron chi connectivity index (χ3n) is 6.98. The normalized spacial score (nSPS) is 11.4. The molecule has 0 aliphatic heterocycles. The number of hydrogen-bond donors (Lipinski definition) is 0. The quantitative estimate of drug-likeness (QED) is 0.168. The van der Waals surface area contributed by atoms with Crippen LogP contribution in [0.5, 0.6) is 11.5 Å². The lowest BCUT2D eigenvalue weighted by Crippen LogP contribution is -2.08. The minimum Gasteiger partial charge on any atom is -0.493 e. The predicted octanol–water partition coefficient (Wildman–Crippen LogP) is 8.68. The fourth-order valence-corrected chi connectivity index (χ4v) is 5.70. The molecule has 0 aliphatic rings. The van der Waals surface area contributed by atoms with Crippen molar-refractivity contribution in [2.75, 3.05) is 6.61 Å². The topological polar surface area (TPSA) is 103 Å². The number of rotatable bonds is 7. The van der Waals surface area contributed by atoms with Crippen molar-refractivity contribution in [3.8, 4) is 39.8 Å². The van der Waals surface area contributed by atoms with Crippen molar-refractivity contribution in [3.05, 3.63) is 116 Å². The molecule has 3 aromatic heterocycles. The van der Waals surface area contributed by atoms with Gasteiger partial charge in [0.25, 0.3) is 0 Å². The average molecular weight is 606 g/mol. The smallest absolute Gasteiger partial charge is 0.336 e. The second kappa shape index (κ2) is 13.4. The van der Waals surface area contributed by atoms with Crippen LogP contribution in [-0.4, -0.2) is 12.7 Å². The number of nitrogens with zero attached hydrogens (tertiary/aromatic N) is 1. The van der Waals surface area contributed by atoms with Gasteiger partial charge >= 0.3 is 11.3 Å². The van der Waals surface area contributed by atoms with Crippen LogP contribution in [0.3, 0.4) is 0 Å². The fraction of sp³-hybridized carbons (Fsp3) is 0.194. The molecule has 0 aliphatic carbocycles. The Morgan fingerprint density at radius 3 is 1.98 bits per heavy atom. The molecule has 0 bridgehead atoms. The lowest BCUT2D eigenvalue weighted by atomic mass is 9.98. The van der Waals surface area contributed by atoms with E-state index in [0.717, 1.165) is 50.8 Å². The Morgan fingerprint density at radius 2 is 1.39 bits per heavy atom. The van der Waals surface area contributed by atoms with Crippen molar-refractivity contribution < 1.29 is 18.3 Å². The van der Waals surface area contributed by atoms with E-state index in [1.807, 2.05) is 62.4 Å². The first-order valence-electron chi connectivity index (χ1n) is 14.2. The molecule has 1 unspecified atom stereocenters. The van der Waals surface area contributed by atoms with E-state index in [1.165, 1.54) is 11.6 Å². The Balaban J connectivity index is 0.000000175. The molecule has 6 rings (SSSR count). The molecule has 6 aromatic rings. The summed E-state index contributed by atoms with van der Waals surface area (Å²) in [6, 6.07) is 23.9. The molecule has 1 atom stereocenters. The Morgan fingerprint density at radius 1 is 0.773 bits per heavy atom. The Kier molecular flexibility index (Phi) is 9.27. The maximum Gasteiger partial charge on any atom is 0.336 e. The standard InChI is InChI=1S/C19H15NO3.C17H16O3S/c1-12-5-3-4-6-15(12)17-10-19(21)23-18-9-14(7-8-16(17)18)22-13(2)11-20;1-3-6-19-12-4-5-13-14(15-10-21-9-11(15)2)8-17(18)20-16(13)7-12/h3-10,13H,1-2H3;4-5,7-10H,3,6H2,1-2H3. The van der Waals surface area contributed by atoms with E-state index in [2.05, 4.69) is 17.7 Å². The highest BCUT2D eigenvalue weighted by atomic mass is 32.1. The van der Waals surface area contributed by atoms with Gasteiger partial charge in [-0.1, -0.05) is 31.2 Å². The summed E-state index contributed by atoms with van der Waals surface area (Å²) in [6.07, 6.45) is 0.370. The van der Waals surface area contributed by atoms with Gasteiger partial charge in [-0.05, 0) is 84.5 Å². The van der Waals surface area contributed by atoms with Gasteiger partial charge in [0.15, 0.2) is 6.10 Å². The van der Waals surface area contributed by atoms with Crippen molar-refractivity contribution in [2.45, 2.75) is 40.2 Å². The first-order chi connectivity index (χ1) is 21.3. The van der Waals surface area contributed by atoms with E-state index in [9.17, 15) is 9.59 Å². The van der Waals surface area contributed by atoms with Crippen LogP contribution in [0.4, 0.5) is 0 Å². The van der Waals surface area contributed by atoms with E-state index < -0.39 is 11.7 Å². The predicted molar refractivity (Wildman–Crippen MR) is 175 cm³/mol. The molecule has 0 fully saturated rings. The van der Waals surface area contributed by atoms with Gasteiger partial charge in [-0.2, -0.15) is 16.6 Å². The van der Waals surface area contributed by atoms with Crippen LogP contribution in [0, 0.1) is 25.2 Å². The largest absolute Gasteiger partial charge is 0.493 e. The summed E-state index contributed by atoms with van der Waals surface area (Å²) in [5.74, 6) is 1.23. The van der Waals surface area contributed by atoms with Crippen LogP contribution in [-0.2, 0) is 0 Å². The Bertz CT molecular complexity index is 2100. The van der Waals surface area contributed by atoms with Gasteiger partial charge in [-0.3, -0.25) is 0 Å². The van der Waals surface area contributed by atoms with Gasteiger partial charge < -0.3 is 18.3 Å². The summed E-state index contributed by atoms with van der Waals surface area (Å²) in [7, 11) is 0. The molecule has 0 radical (unpaired) electrons. The van der Waals surface area contributed by atoms with Crippen molar-refractivity contribution in [1.82, 2.24) is 0 Å². The van der Waals surface area contributed by atoms with E-state index in [1.54, 1.807) is 42.5 Å². The monoisotopic (exact) mass is 605 g/mol. The summed E-state index contributed by atoms with van der Waals surface area (Å²) in [4.78, 5) is 23.8. The zero-order valence-electron chi connectivity index (χ0n) is 24.9. The molecule has 3 aromatic carbocycles. The fourth-order valence-electron chi connectivity index (χ4n) is 4.86. The highest BCUT2D eigenvalue weighted by molar-refractivity contribution is 7.08. The molecular formula is C36H31NO6S. The minimum absolute atomic E-state index is 0.337. The van der Waals surface area contributed by atoms with Crippen LogP contribution in [0.25, 0.3) is 44.2 Å². The molecular weight excluding hydrogens is 574 g/mol. The number of fused-ring (bicyclic) bond motifs is 2. The summed E-state index contributed by atoms with van der Waals surface area (Å²) in [5, 5.41) is 14.7. The van der Waals surface area contributed by atoms with Crippen molar-refractivity contribution >= 4 is 33.3 Å². The number of benzene rings is 3. The molecule has 44 heavy (non-hydrogen) atoms. The SMILES string of the molecule is CCCOc1ccc2c(-c3cscc3C)cc(=O)oc2c1.Cc1ccccc1-c1cc(=O)oc2cc(OC(C)C#N)ccc12. The molecule has 0 saturated carbocycles. The maximum atomic E-state index is 11.9. The molecule has 3 heterocycles. The van der Waals surface area contributed by atoms with Gasteiger partial charge in [0, 0.05) is 46.2 Å². The van der Waals surface area contributed by atoms with Gasteiger partial charge in [-0.15, -0.1) is 0 Å². The number of ether oxygens (including phenoxy) is 2. The zero-order chi connectivity index (χ0) is 31.2. The third kappa shape index (κ3) is 6.74. The van der Waals surface area contributed by atoms with E-state index in [0.29, 0.717) is 23.5 Å². The Labute approximate surface area is 258 Å². The summed E-state index contributed by atoms with van der Waals surface area (Å²) < 4.78 is 21.7. The van der Waals surface area contributed by atoms with Crippen LogP contribution < -0.4 is 20.7 Å². The van der Waals surface area contributed by atoms with Crippen molar-refractivity contribution in [1.29, 1.82) is 5.26 Å². The summed E-state index contributed by atoms with van der Waals surface area (Å²) in [5.41, 5.74) is 6.32. The van der Waals surface area contributed by atoms with Crippen LogP contribution in [0.1, 0.15) is 31.4 Å². The zero-order valence-corrected chi connectivity index (χ0v) is 25.7. The number of hydrogen-bond acceptors (Lipinski definition) is 8. The minimum atomic E-state index is -0.571. The lowest BCUT2D eigenvalue weighted by molar-refractivity contribution is 0.276. The molecule has 222 valence electrons. The second-order valence-corrected chi connectivity index (χ2v) is 11.0. The molecule has 0 saturated heterocycles. The second-order valence-electron chi connectivity index (χ2n) is 10.3. The van der Waals surface area contributed by atoms with Crippen LogP contribution >= 0.6 is 11.3 Å². The molecule has 0 spiro atoms. The first-order valence-corrected chi connectivity index (χ1v) is 15.2. The van der Waals surface area contributed by atoms with Gasteiger partial charge in [0.05, 0.1) is 6.61 Å². The van der Waals surface area contributed by atoms with Gasteiger partial charge in [0.2, 0.25) is 0 Å². The van der Waals surface area contributed by atoms with Crippen molar-refractivity contribution in [3.63, 3.8) is 0 Å². The van der Waals surface area contributed by atoms with E-state index >= 15 is 0 Å². The molecule has 0 N–H and O–H groups in total. The third-order valence-corrected chi connectivity index (χ3v) is 7.84. The maximum absolute atomic E-state index is 11.9. The average Bonchev–Trinajstić information content (AvgIpc) is 3.44. The molecule has 8 heteroatoms.